The number of carbonyl (C=O) groups is 2. The third-order valence-electron chi connectivity index (χ3n) is 5.85. The summed E-state index contributed by atoms with van der Waals surface area (Å²) in [4.78, 5) is 25.1. The Labute approximate surface area is 181 Å². The van der Waals surface area contributed by atoms with Gasteiger partial charge in [0.1, 0.15) is 5.82 Å². The molecule has 0 aliphatic heterocycles. The van der Waals surface area contributed by atoms with Crippen LogP contribution >= 0.6 is 0 Å². The number of halogens is 1. The molecule has 1 amide bonds. The topological polar surface area (TPSA) is 89.5 Å². The molecule has 1 fully saturated rings. The highest BCUT2D eigenvalue weighted by Gasteiger charge is 2.54. The van der Waals surface area contributed by atoms with E-state index in [2.05, 4.69) is 5.32 Å². The quantitative estimate of drug-likeness (QED) is 0.657. The van der Waals surface area contributed by atoms with Gasteiger partial charge in [-0.3, -0.25) is 9.59 Å². The second-order valence-electron chi connectivity index (χ2n) is 7.90. The fourth-order valence-electron chi connectivity index (χ4n) is 3.78. The number of hydrogen-bond acceptors (Lipinski definition) is 5. The van der Waals surface area contributed by atoms with Crippen LogP contribution in [0.3, 0.4) is 0 Å². The second kappa shape index (κ2) is 9.18. The lowest BCUT2D eigenvalue weighted by molar-refractivity contribution is -0.151. The summed E-state index contributed by atoms with van der Waals surface area (Å²) in [5.41, 5.74) is 2.07. The lowest BCUT2D eigenvalue weighted by Gasteiger charge is -2.26. The van der Waals surface area contributed by atoms with E-state index in [1.807, 2.05) is 13.8 Å². The predicted molar refractivity (Wildman–Crippen MR) is 114 cm³/mol. The minimum absolute atomic E-state index is 0.0604. The lowest BCUT2D eigenvalue weighted by atomic mass is 10.1. The van der Waals surface area contributed by atoms with Crippen LogP contribution in [0.1, 0.15) is 42.4 Å². The van der Waals surface area contributed by atoms with Gasteiger partial charge in [-0.05, 0) is 56.0 Å². The molecule has 0 radical (unpaired) electrons. The van der Waals surface area contributed by atoms with E-state index in [0.29, 0.717) is 18.4 Å². The van der Waals surface area contributed by atoms with Crippen LogP contribution in [0, 0.1) is 19.7 Å². The van der Waals surface area contributed by atoms with Gasteiger partial charge in [0.05, 0.1) is 4.90 Å². The van der Waals surface area contributed by atoms with Crippen LogP contribution in [0.4, 0.5) is 4.39 Å². The molecule has 1 aliphatic rings. The van der Waals surface area contributed by atoms with E-state index in [4.69, 9.17) is 4.74 Å². The van der Waals surface area contributed by atoms with Gasteiger partial charge in [0.2, 0.25) is 0 Å². The van der Waals surface area contributed by atoms with Crippen LogP contribution < -0.4 is 5.32 Å². The highest BCUT2D eigenvalue weighted by molar-refractivity contribution is 7.93. The van der Waals surface area contributed by atoms with E-state index < -0.39 is 38.9 Å². The molecule has 2 aromatic rings. The summed E-state index contributed by atoms with van der Waals surface area (Å²) in [5.74, 6) is -2.00. The number of rotatable bonds is 7. The van der Waals surface area contributed by atoms with Gasteiger partial charge in [-0.25, -0.2) is 12.8 Å². The third-order valence-corrected chi connectivity index (χ3v) is 8.33. The van der Waals surface area contributed by atoms with Crippen LogP contribution in [0.2, 0.25) is 0 Å². The fraction of sp³-hybridized carbons (Fsp3) is 0.391. The lowest BCUT2D eigenvalue weighted by Crippen LogP contribution is -2.46. The molecule has 8 heteroatoms. The van der Waals surface area contributed by atoms with E-state index in [0.717, 1.165) is 11.1 Å². The smallest absolute Gasteiger partial charge is 0.328 e. The summed E-state index contributed by atoms with van der Waals surface area (Å²) in [6, 6.07) is 10.8. The molecule has 1 N–H and O–H groups in total. The van der Waals surface area contributed by atoms with E-state index >= 15 is 0 Å². The molecule has 1 aliphatic carbocycles. The van der Waals surface area contributed by atoms with Gasteiger partial charge in [0, 0.05) is 12.1 Å². The molecular weight excluding hydrogens is 421 g/mol. The molecule has 2 aromatic carbocycles. The Hall–Kier alpha value is -2.74. The first-order valence-corrected chi connectivity index (χ1v) is 11.6. The molecule has 166 valence electrons. The zero-order chi connectivity index (χ0) is 22.6. The number of esters is 1. The average molecular weight is 448 g/mol. The van der Waals surface area contributed by atoms with Crippen molar-refractivity contribution >= 4 is 21.7 Å². The summed E-state index contributed by atoms with van der Waals surface area (Å²) in [5, 5.41) is 2.48. The number of amides is 1. The van der Waals surface area contributed by atoms with Crippen molar-refractivity contribution in [1.29, 1.82) is 0 Å². The Kier molecular flexibility index (Phi) is 6.79. The Morgan fingerprint density at radius 2 is 1.74 bits per heavy atom. The molecular formula is C23H26FNO5S. The van der Waals surface area contributed by atoms with Gasteiger partial charge in [0.15, 0.2) is 21.2 Å². The van der Waals surface area contributed by atoms with Gasteiger partial charge in [-0.15, -0.1) is 0 Å². The zero-order valence-corrected chi connectivity index (χ0v) is 18.4. The Morgan fingerprint density at radius 1 is 1.06 bits per heavy atom. The Bertz CT molecular complexity index is 1090. The number of hydrogen-bond donors (Lipinski definition) is 1. The van der Waals surface area contributed by atoms with Gasteiger partial charge < -0.3 is 10.1 Å². The van der Waals surface area contributed by atoms with E-state index in [-0.39, 0.29) is 24.3 Å². The highest BCUT2D eigenvalue weighted by Crippen LogP contribution is 2.41. The van der Waals surface area contributed by atoms with Crippen LogP contribution in [-0.4, -0.2) is 31.6 Å². The summed E-state index contributed by atoms with van der Waals surface area (Å²) in [6.07, 6.45) is 1.47. The van der Waals surface area contributed by atoms with Crippen molar-refractivity contribution in [1.82, 2.24) is 5.32 Å². The minimum atomic E-state index is -4.00. The summed E-state index contributed by atoms with van der Waals surface area (Å²) in [6.45, 7) is 3.01. The largest absolute Gasteiger partial charge is 0.454 e. The fourth-order valence-corrected chi connectivity index (χ4v) is 5.92. The number of sulfone groups is 1. The van der Waals surface area contributed by atoms with Crippen molar-refractivity contribution in [2.24, 2.45) is 0 Å². The van der Waals surface area contributed by atoms with Gasteiger partial charge >= 0.3 is 5.97 Å². The van der Waals surface area contributed by atoms with Crippen molar-refractivity contribution in [2.75, 3.05) is 6.61 Å². The highest BCUT2D eigenvalue weighted by atomic mass is 32.2. The number of benzene rings is 2. The number of nitrogens with one attached hydrogen (secondary N) is 1. The maximum Gasteiger partial charge on any atom is 0.328 e. The Morgan fingerprint density at radius 3 is 2.39 bits per heavy atom. The van der Waals surface area contributed by atoms with Crippen molar-refractivity contribution in [2.45, 2.75) is 55.7 Å². The molecule has 0 heterocycles. The van der Waals surface area contributed by atoms with Crippen LogP contribution in [-0.2, 0) is 30.7 Å². The number of ether oxygens (including phenoxy) is 1. The maximum absolute atomic E-state index is 13.7. The van der Waals surface area contributed by atoms with Crippen LogP contribution in [0.25, 0.3) is 0 Å². The zero-order valence-electron chi connectivity index (χ0n) is 17.6. The molecule has 0 saturated heterocycles. The second-order valence-corrected chi connectivity index (χ2v) is 10.2. The molecule has 0 atom stereocenters. The van der Waals surface area contributed by atoms with E-state index in [9.17, 15) is 22.4 Å². The van der Waals surface area contributed by atoms with Crippen molar-refractivity contribution in [3.05, 3.63) is 65.0 Å². The summed E-state index contributed by atoms with van der Waals surface area (Å²) in [7, 11) is -4.00. The third kappa shape index (κ3) is 4.63. The maximum atomic E-state index is 13.7. The summed E-state index contributed by atoms with van der Waals surface area (Å²) >= 11 is 0. The molecule has 1 saturated carbocycles. The van der Waals surface area contributed by atoms with Crippen LogP contribution in [0.15, 0.2) is 47.4 Å². The molecule has 6 nitrogen and oxygen atoms in total. The molecule has 0 bridgehead atoms. The van der Waals surface area contributed by atoms with Gasteiger partial charge in [-0.1, -0.05) is 37.1 Å². The molecule has 0 spiro atoms. The van der Waals surface area contributed by atoms with Crippen LogP contribution in [0.5, 0.6) is 0 Å². The summed E-state index contributed by atoms with van der Waals surface area (Å²) < 4.78 is 43.9. The SMILES string of the molecule is Cc1ccc(S(=O)(=O)C2(C(=O)OCC(=O)NCc3ccccc3F)CCCC2)cc1C. The van der Waals surface area contributed by atoms with Gasteiger partial charge in [-0.2, -0.15) is 0 Å². The number of aryl methyl sites for hydroxylation is 2. The molecule has 31 heavy (non-hydrogen) atoms. The van der Waals surface area contributed by atoms with Crippen molar-refractivity contribution in [3.63, 3.8) is 0 Å². The average Bonchev–Trinajstić information content (AvgIpc) is 3.25. The predicted octanol–water partition coefficient (Wildman–Crippen LogP) is 3.39. The molecule has 0 unspecified atom stereocenters. The molecule has 3 rings (SSSR count). The minimum Gasteiger partial charge on any atom is -0.454 e. The Balaban J connectivity index is 1.70. The first kappa shape index (κ1) is 22.9. The normalized spacial score (nSPS) is 15.5. The van der Waals surface area contributed by atoms with Crippen molar-refractivity contribution in [3.8, 4) is 0 Å². The standard InChI is InChI=1S/C23H26FNO5S/c1-16-9-10-19(13-17(16)2)31(28,29)23(11-5-6-12-23)22(27)30-15-21(26)25-14-18-7-3-4-8-20(18)24/h3-4,7-10,13H,5-6,11-12,14-15H2,1-2H3,(H,25,26). The van der Waals surface area contributed by atoms with Crippen molar-refractivity contribution < 1.29 is 27.1 Å². The monoisotopic (exact) mass is 447 g/mol. The van der Waals surface area contributed by atoms with E-state index in [1.165, 1.54) is 18.2 Å². The number of carbonyl (C=O) groups excluding carboxylic acids is 2. The first-order chi connectivity index (χ1) is 14.7. The van der Waals surface area contributed by atoms with E-state index in [1.54, 1.807) is 24.3 Å². The first-order valence-electron chi connectivity index (χ1n) is 10.2. The van der Waals surface area contributed by atoms with Gasteiger partial charge in [0.25, 0.3) is 5.91 Å². The molecule has 0 aromatic heterocycles.